The molecule has 0 radical (unpaired) electrons. The summed E-state index contributed by atoms with van der Waals surface area (Å²) in [6.45, 7) is 2.00. The lowest BCUT2D eigenvalue weighted by Crippen LogP contribution is -2.10. The Hall–Kier alpha value is -4.07. The van der Waals surface area contributed by atoms with Gasteiger partial charge in [-0.15, -0.1) is 0 Å². The van der Waals surface area contributed by atoms with Crippen molar-refractivity contribution in [2.45, 2.75) is 12.8 Å². The Morgan fingerprint density at radius 2 is 1.70 bits per heavy atom. The minimum absolute atomic E-state index is 0.130. The number of nitrogen functional groups attached to an aromatic ring is 1. The van der Waals surface area contributed by atoms with Crippen LogP contribution in [0, 0.1) is 5.82 Å². The zero-order valence-corrected chi connectivity index (χ0v) is 16.2. The Kier molecular flexibility index (Phi) is 5.47. The smallest absolute Gasteiger partial charge is 0.150 e. The standard InChI is InChI=1S/C22H20FN7/c1-14(15-5-7-16(23)8-6-15)21-17(28-18-4-2-3-9-26-18)12-19(30-22(21)24)29-20-13-25-10-11-27-20/h2-14H,1H3,(H4,24,26,27,28,29,30). The Morgan fingerprint density at radius 3 is 2.40 bits per heavy atom. The van der Waals surface area contributed by atoms with Gasteiger partial charge in [-0.25, -0.2) is 19.3 Å². The van der Waals surface area contributed by atoms with Crippen molar-refractivity contribution in [3.05, 3.63) is 90.3 Å². The molecular weight excluding hydrogens is 381 g/mol. The van der Waals surface area contributed by atoms with Crippen molar-refractivity contribution < 1.29 is 4.39 Å². The van der Waals surface area contributed by atoms with E-state index < -0.39 is 0 Å². The van der Waals surface area contributed by atoms with E-state index in [9.17, 15) is 4.39 Å². The van der Waals surface area contributed by atoms with Crippen molar-refractivity contribution in [3.8, 4) is 0 Å². The first-order valence-corrected chi connectivity index (χ1v) is 9.37. The molecule has 0 bridgehead atoms. The number of rotatable bonds is 6. The van der Waals surface area contributed by atoms with Crippen LogP contribution in [0.5, 0.6) is 0 Å². The number of halogens is 1. The molecule has 0 aliphatic heterocycles. The van der Waals surface area contributed by atoms with Gasteiger partial charge in [0.25, 0.3) is 0 Å². The number of pyridine rings is 2. The van der Waals surface area contributed by atoms with Crippen LogP contribution < -0.4 is 16.4 Å². The number of nitrogens with two attached hydrogens (primary N) is 1. The van der Waals surface area contributed by atoms with Crippen LogP contribution in [-0.4, -0.2) is 19.9 Å². The third kappa shape index (κ3) is 4.33. The second-order valence-electron chi connectivity index (χ2n) is 6.68. The van der Waals surface area contributed by atoms with Gasteiger partial charge in [0, 0.05) is 36.1 Å². The molecule has 3 heterocycles. The van der Waals surface area contributed by atoms with E-state index in [0.717, 1.165) is 16.8 Å². The predicted molar refractivity (Wildman–Crippen MR) is 115 cm³/mol. The fraction of sp³-hybridized carbons (Fsp3) is 0.0909. The molecule has 4 N–H and O–H groups in total. The fourth-order valence-electron chi connectivity index (χ4n) is 3.18. The number of hydrogen-bond donors (Lipinski definition) is 3. The number of benzene rings is 1. The summed E-state index contributed by atoms with van der Waals surface area (Å²) >= 11 is 0. The van der Waals surface area contributed by atoms with Gasteiger partial charge in [0.15, 0.2) is 0 Å². The minimum atomic E-state index is -0.285. The maximum atomic E-state index is 13.4. The molecule has 8 heteroatoms. The summed E-state index contributed by atoms with van der Waals surface area (Å²) in [6, 6.07) is 13.8. The summed E-state index contributed by atoms with van der Waals surface area (Å²) in [5.74, 6) is 1.66. The molecule has 0 spiro atoms. The summed E-state index contributed by atoms with van der Waals surface area (Å²) in [6.07, 6.45) is 6.48. The zero-order chi connectivity index (χ0) is 20.9. The molecule has 0 fully saturated rings. The van der Waals surface area contributed by atoms with E-state index in [-0.39, 0.29) is 11.7 Å². The lowest BCUT2D eigenvalue weighted by molar-refractivity contribution is 0.626. The van der Waals surface area contributed by atoms with E-state index in [1.165, 1.54) is 12.1 Å². The van der Waals surface area contributed by atoms with Crippen LogP contribution in [0.3, 0.4) is 0 Å². The highest BCUT2D eigenvalue weighted by Crippen LogP contribution is 2.37. The second-order valence-corrected chi connectivity index (χ2v) is 6.68. The van der Waals surface area contributed by atoms with Crippen LogP contribution in [0.1, 0.15) is 24.0 Å². The zero-order valence-electron chi connectivity index (χ0n) is 16.2. The second kappa shape index (κ2) is 8.52. The van der Waals surface area contributed by atoms with Crippen LogP contribution in [0.15, 0.2) is 73.3 Å². The van der Waals surface area contributed by atoms with Gasteiger partial charge in [-0.1, -0.05) is 25.1 Å². The first-order valence-electron chi connectivity index (χ1n) is 9.37. The van der Waals surface area contributed by atoms with E-state index in [4.69, 9.17) is 5.73 Å². The van der Waals surface area contributed by atoms with Gasteiger partial charge < -0.3 is 16.4 Å². The molecule has 150 valence electrons. The highest BCUT2D eigenvalue weighted by atomic mass is 19.1. The monoisotopic (exact) mass is 401 g/mol. The van der Waals surface area contributed by atoms with E-state index in [1.54, 1.807) is 36.9 Å². The van der Waals surface area contributed by atoms with Crippen molar-refractivity contribution in [3.63, 3.8) is 0 Å². The normalized spacial score (nSPS) is 11.7. The summed E-state index contributed by atoms with van der Waals surface area (Å²) in [4.78, 5) is 17.1. The molecule has 1 atom stereocenters. The van der Waals surface area contributed by atoms with Gasteiger partial charge in [-0.2, -0.15) is 0 Å². The van der Waals surface area contributed by atoms with Crippen molar-refractivity contribution in [1.82, 2.24) is 19.9 Å². The molecule has 3 aromatic heterocycles. The molecule has 4 aromatic rings. The van der Waals surface area contributed by atoms with E-state index in [0.29, 0.717) is 23.3 Å². The van der Waals surface area contributed by atoms with Crippen molar-refractivity contribution in [2.24, 2.45) is 0 Å². The van der Waals surface area contributed by atoms with E-state index in [2.05, 4.69) is 30.6 Å². The molecule has 0 saturated heterocycles. The summed E-state index contributed by atoms with van der Waals surface area (Å²) < 4.78 is 13.4. The lowest BCUT2D eigenvalue weighted by atomic mass is 9.92. The maximum Gasteiger partial charge on any atom is 0.150 e. The Morgan fingerprint density at radius 1 is 0.900 bits per heavy atom. The first kappa shape index (κ1) is 19.3. The summed E-state index contributed by atoms with van der Waals surface area (Å²) in [5, 5.41) is 6.43. The van der Waals surface area contributed by atoms with Crippen LogP contribution in [0.2, 0.25) is 0 Å². The average Bonchev–Trinajstić information content (AvgIpc) is 2.75. The third-order valence-electron chi connectivity index (χ3n) is 4.64. The topological polar surface area (TPSA) is 102 Å². The van der Waals surface area contributed by atoms with Gasteiger partial charge >= 0.3 is 0 Å². The maximum absolute atomic E-state index is 13.4. The van der Waals surface area contributed by atoms with Gasteiger partial charge in [0.2, 0.25) is 0 Å². The lowest BCUT2D eigenvalue weighted by Gasteiger charge is -2.21. The van der Waals surface area contributed by atoms with Gasteiger partial charge in [0.05, 0.1) is 11.9 Å². The van der Waals surface area contributed by atoms with Crippen LogP contribution >= 0.6 is 0 Å². The number of hydrogen-bond acceptors (Lipinski definition) is 7. The number of anilines is 5. The predicted octanol–water partition coefficient (Wildman–Crippen LogP) is 4.63. The molecule has 0 aliphatic rings. The minimum Gasteiger partial charge on any atom is -0.383 e. The first-order chi connectivity index (χ1) is 14.6. The van der Waals surface area contributed by atoms with Gasteiger partial charge in [-0.05, 0) is 29.8 Å². The van der Waals surface area contributed by atoms with Gasteiger partial charge in [0.1, 0.15) is 29.1 Å². The molecular formula is C22H20FN7. The molecule has 0 saturated carbocycles. The SMILES string of the molecule is CC(c1ccc(F)cc1)c1c(Nc2ccccn2)cc(Nc2cnccn2)nc1N. The highest BCUT2D eigenvalue weighted by molar-refractivity contribution is 5.73. The average molecular weight is 401 g/mol. The molecule has 0 aliphatic carbocycles. The molecule has 1 aromatic carbocycles. The fourth-order valence-corrected chi connectivity index (χ4v) is 3.18. The highest BCUT2D eigenvalue weighted by Gasteiger charge is 2.19. The third-order valence-corrected chi connectivity index (χ3v) is 4.64. The molecule has 30 heavy (non-hydrogen) atoms. The Balaban J connectivity index is 1.76. The van der Waals surface area contributed by atoms with E-state index in [1.807, 2.05) is 31.2 Å². The van der Waals surface area contributed by atoms with Gasteiger partial charge in [-0.3, -0.25) is 4.98 Å². The molecule has 1 unspecified atom stereocenters. The summed E-state index contributed by atoms with van der Waals surface area (Å²) in [5.41, 5.74) is 8.83. The van der Waals surface area contributed by atoms with E-state index >= 15 is 0 Å². The van der Waals surface area contributed by atoms with Crippen LogP contribution in [-0.2, 0) is 0 Å². The Labute approximate surface area is 173 Å². The molecule has 7 nitrogen and oxygen atoms in total. The quantitative estimate of drug-likeness (QED) is 0.433. The summed E-state index contributed by atoms with van der Waals surface area (Å²) in [7, 11) is 0. The number of nitrogens with one attached hydrogen (secondary N) is 2. The molecule has 0 amide bonds. The van der Waals surface area contributed by atoms with Crippen LogP contribution in [0.25, 0.3) is 0 Å². The van der Waals surface area contributed by atoms with Crippen molar-refractivity contribution in [2.75, 3.05) is 16.4 Å². The molecule has 4 rings (SSSR count). The largest absolute Gasteiger partial charge is 0.383 e. The number of aromatic nitrogens is 4. The number of nitrogens with zero attached hydrogens (tertiary/aromatic N) is 4. The van der Waals surface area contributed by atoms with Crippen molar-refractivity contribution in [1.29, 1.82) is 0 Å². The Bertz CT molecular complexity index is 1120. The van der Waals surface area contributed by atoms with Crippen LogP contribution in [0.4, 0.5) is 33.3 Å². The van der Waals surface area contributed by atoms with Crippen molar-refractivity contribution >= 4 is 29.0 Å².